The second kappa shape index (κ2) is 10.1. The van der Waals surface area contributed by atoms with Gasteiger partial charge in [-0.05, 0) is 55.1 Å². The zero-order valence-electron chi connectivity index (χ0n) is 17.6. The summed E-state index contributed by atoms with van der Waals surface area (Å²) >= 11 is 0. The number of benzene rings is 2. The van der Waals surface area contributed by atoms with Crippen LogP contribution < -0.4 is 14.8 Å². The van der Waals surface area contributed by atoms with Crippen molar-refractivity contribution in [3.05, 3.63) is 59.5 Å². The highest BCUT2D eigenvalue weighted by molar-refractivity contribution is 5.97. The number of H-pyrrole nitrogens is 1. The number of hydrogen-bond acceptors (Lipinski definition) is 4. The SMILES string of the molecule is CCN(CC)CCOc1ccc(CNC(=O)c2cc3cc(F)ccc3[nH]2)cc1OC. The number of hydrogen-bond donors (Lipinski definition) is 2. The Balaban J connectivity index is 1.59. The number of aromatic nitrogens is 1. The first-order chi connectivity index (χ1) is 14.5. The number of methoxy groups -OCH3 is 1. The highest BCUT2D eigenvalue weighted by atomic mass is 19.1. The van der Waals surface area contributed by atoms with E-state index >= 15 is 0 Å². The number of rotatable bonds is 10. The molecule has 2 N–H and O–H groups in total. The van der Waals surface area contributed by atoms with Crippen molar-refractivity contribution in [1.29, 1.82) is 0 Å². The molecule has 0 radical (unpaired) electrons. The molecule has 7 heteroatoms. The van der Waals surface area contributed by atoms with Gasteiger partial charge >= 0.3 is 0 Å². The summed E-state index contributed by atoms with van der Waals surface area (Å²) in [5.41, 5.74) is 1.99. The van der Waals surface area contributed by atoms with Crippen LogP contribution >= 0.6 is 0 Å². The predicted molar refractivity (Wildman–Crippen MR) is 116 cm³/mol. The third-order valence-electron chi connectivity index (χ3n) is 5.07. The number of carbonyl (C=O) groups excluding carboxylic acids is 1. The fourth-order valence-electron chi connectivity index (χ4n) is 3.27. The standard InChI is InChI=1S/C23H28FN3O3/c1-4-27(5-2)10-11-30-21-9-6-16(12-22(21)29-3)15-25-23(28)20-14-17-13-18(24)7-8-19(17)26-20/h6-9,12-14,26H,4-5,10-11,15H2,1-3H3,(H,25,28). The van der Waals surface area contributed by atoms with Crippen molar-refractivity contribution in [2.45, 2.75) is 20.4 Å². The highest BCUT2D eigenvalue weighted by Crippen LogP contribution is 2.28. The molecule has 0 bridgehead atoms. The molecular weight excluding hydrogens is 385 g/mol. The van der Waals surface area contributed by atoms with E-state index in [2.05, 4.69) is 29.0 Å². The van der Waals surface area contributed by atoms with E-state index < -0.39 is 0 Å². The number of amides is 1. The Morgan fingerprint density at radius 3 is 2.63 bits per heavy atom. The summed E-state index contributed by atoms with van der Waals surface area (Å²) in [6, 6.07) is 11.6. The molecule has 0 spiro atoms. The van der Waals surface area contributed by atoms with Crippen molar-refractivity contribution in [2.24, 2.45) is 0 Å². The number of nitrogens with zero attached hydrogens (tertiary/aromatic N) is 1. The summed E-state index contributed by atoms with van der Waals surface area (Å²) in [5, 5.41) is 3.53. The van der Waals surface area contributed by atoms with Gasteiger partial charge in [0, 0.05) is 24.0 Å². The van der Waals surface area contributed by atoms with E-state index in [0.717, 1.165) is 30.7 Å². The topological polar surface area (TPSA) is 66.6 Å². The first-order valence-electron chi connectivity index (χ1n) is 10.1. The van der Waals surface area contributed by atoms with Gasteiger partial charge in [-0.3, -0.25) is 4.79 Å². The molecule has 0 atom stereocenters. The van der Waals surface area contributed by atoms with Gasteiger partial charge in [0.05, 0.1) is 7.11 Å². The summed E-state index contributed by atoms with van der Waals surface area (Å²) in [6.07, 6.45) is 0. The van der Waals surface area contributed by atoms with Crippen molar-refractivity contribution in [2.75, 3.05) is 33.4 Å². The predicted octanol–water partition coefficient (Wildman–Crippen LogP) is 3.97. The number of aromatic amines is 1. The van der Waals surface area contributed by atoms with Crippen molar-refractivity contribution in [1.82, 2.24) is 15.2 Å². The zero-order chi connectivity index (χ0) is 21.5. The molecule has 1 heterocycles. The van der Waals surface area contributed by atoms with E-state index in [1.165, 1.54) is 12.1 Å². The van der Waals surface area contributed by atoms with Crippen LogP contribution in [0.2, 0.25) is 0 Å². The molecule has 1 amide bonds. The molecule has 0 saturated carbocycles. The van der Waals surface area contributed by atoms with Crippen LogP contribution in [0, 0.1) is 5.82 Å². The van der Waals surface area contributed by atoms with E-state index in [1.807, 2.05) is 18.2 Å². The van der Waals surface area contributed by atoms with Gasteiger partial charge in [0.15, 0.2) is 11.5 Å². The summed E-state index contributed by atoms with van der Waals surface area (Å²) in [4.78, 5) is 17.8. The van der Waals surface area contributed by atoms with Gasteiger partial charge in [0.2, 0.25) is 0 Å². The Morgan fingerprint density at radius 1 is 1.10 bits per heavy atom. The van der Waals surface area contributed by atoms with E-state index in [9.17, 15) is 9.18 Å². The summed E-state index contributed by atoms with van der Waals surface area (Å²) in [6.45, 7) is 7.99. The number of likely N-dealkylation sites (N-methyl/N-ethyl adjacent to an activating group) is 1. The number of carbonyl (C=O) groups is 1. The van der Waals surface area contributed by atoms with E-state index in [0.29, 0.717) is 35.7 Å². The van der Waals surface area contributed by atoms with Gasteiger partial charge < -0.3 is 24.7 Å². The summed E-state index contributed by atoms with van der Waals surface area (Å²) < 4.78 is 24.6. The minimum absolute atomic E-state index is 0.259. The fraction of sp³-hybridized carbons (Fsp3) is 0.348. The Labute approximate surface area is 176 Å². The smallest absolute Gasteiger partial charge is 0.267 e. The maximum atomic E-state index is 13.3. The Bertz CT molecular complexity index is 999. The van der Waals surface area contributed by atoms with Crippen LogP contribution in [0.15, 0.2) is 42.5 Å². The van der Waals surface area contributed by atoms with Crippen LogP contribution in [0.1, 0.15) is 29.9 Å². The summed E-state index contributed by atoms with van der Waals surface area (Å²) in [7, 11) is 1.60. The molecule has 0 aliphatic rings. The van der Waals surface area contributed by atoms with Crippen LogP contribution in [0.4, 0.5) is 4.39 Å². The molecule has 160 valence electrons. The van der Waals surface area contributed by atoms with Crippen LogP contribution in [0.3, 0.4) is 0 Å². The lowest BCUT2D eigenvalue weighted by atomic mass is 10.2. The Kier molecular flexibility index (Phi) is 7.30. The van der Waals surface area contributed by atoms with E-state index in [4.69, 9.17) is 9.47 Å². The number of halogens is 1. The quantitative estimate of drug-likeness (QED) is 0.528. The molecule has 3 aromatic rings. The van der Waals surface area contributed by atoms with Crippen molar-refractivity contribution < 1.29 is 18.7 Å². The third kappa shape index (κ3) is 5.30. The second-order valence-electron chi connectivity index (χ2n) is 6.96. The van der Waals surface area contributed by atoms with Crippen LogP contribution in [0.5, 0.6) is 11.5 Å². The number of nitrogens with one attached hydrogen (secondary N) is 2. The number of fused-ring (bicyclic) bond motifs is 1. The molecule has 0 aliphatic carbocycles. The van der Waals surface area contributed by atoms with Crippen LogP contribution in [-0.2, 0) is 6.54 Å². The number of ether oxygens (including phenoxy) is 2. The largest absolute Gasteiger partial charge is 0.493 e. The van der Waals surface area contributed by atoms with Gasteiger partial charge in [0.1, 0.15) is 18.1 Å². The molecular formula is C23H28FN3O3. The maximum absolute atomic E-state index is 13.3. The maximum Gasteiger partial charge on any atom is 0.267 e. The molecule has 0 saturated heterocycles. The Morgan fingerprint density at radius 2 is 1.90 bits per heavy atom. The molecule has 6 nitrogen and oxygen atoms in total. The van der Waals surface area contributed by atoms with E-state index in [-0.39, 0.29) is 11.7 Å². The second-order valence-corrected chi connectivity index (χ2v) is 6.96. The normalized spacial score (nSPS) is 11.1. The van der Waals surface area contributed by atoms with Gasteiger partial charge in [-0.1, -0.05) is 19.9 Å². The molecule has 3 rings (SSSR count). The van der Waals surface area contributed by atoms with E-state index in [1.54, 1.807) is 19.2 Å². The van der Waals surface area contributed by atoms with Gasteiger partial charge in [-0.2, -0.15) is 0 Å². The van der Waals surface area contributed by atoms with Gasteiger partial charge in [-0.25, -0.2) is 4.39 Å². The highest BCUT2D eigenvalue weighted by Gasteiger charge is 2.11. The first-order valence-corrected chi connectivity index (χ1v) is 10.1. The average molecular weight is 413 g/mol. The van der Waals surface area contributed by atoms with Gasteiger partial charge in [-0.15, -0.1) is 0 Å². The van der Waals surface area contributed by atoms with Crippen LogP contribution in [0.25, 0.3) is 10.9 Å². The first kappa shape index (κ1) is 21.6. The lowest BCUT2D eigenvalue weighted by Gasteiger charge is -2.19. The van der Waals surface area contributed by atoms with Crippen molar-refractivity contribution in [3.63, 3.8) is 0 Å². The minimum Gasteiger partial charge on any atom is -0.493 e. The van der Waals surface area contributed by atoms with Crippen molar-refractivity contribution in [3.8, 4) is 11.5 Å². The monoisotopic (exact) mass is 413 g/mol. The third-order valence-corrected chi connectivity index (χ3v) is 5.07. The average Bonchev–Trinajstić information content (AvgIpc) is 3.18. The molecule has 30 heavy (non-hydrogen) atoms. The Hall–Kier alpha value is -3.06. The molecule has 0 fully saturated rings. The van der Waals surface area contributed by atoms with Gasteiger partial charge in [0.25, 0.3) is 5.91 Å². The molecule has 0 aliphatic heterocycles. The van der Waals surface area contributed by atoms with Crippen molar-refractivity contribution >= 4 is 16.8 Å². The zero-order valence-corrected chi connectivity index (χ0v) is 17.6. The summed E-state index contributed by atoms with van der Waals surface area (Å²) in [5.74, 6) is 0.713. The van der Waals surface area contributed by atoms with Crippen LogP contribution in [-0.4, -0.2) is 49.1 Å². The lowest BCUT2D eigenvalue weighted by molar-refractivity contribution is 0.0946. The lowest BCUT2D eigenvalue weighted by Crippen LogP contribution is -2.28. The fourth-order valence-corrected chi connectivity index (χ4v) is 3.27. The molecule has 0 unspecified atom stereocenters. The molecule has 1 aromatic heterocycles. The molecule has 2 aromatic carbocycles. The minimum atomic E-state index is -0.333.